The van der Waals surface area contributed by atoms with E-state index in [9.17, 15) is 4.79 Å². The Morgan fingerprint density at radius 3 is 2.24 bits per heavy atom. The Bertz CT molecular complexity index is 245. The van der Waals surface area contributed by atoms with Gasteiger partial charge in [0, 0.05) is 32.7 Å². The fraction of sp³-hybridized carbons (Fsp3) is 0.917. The van der Waals surface area contributed by atoms with E-state index in [-0.39, 0.29) is 5.97 Å². The minimum absolute atomic E-state index is 0.0693. The second-order valence-corrected chi connectivity index (χ2v) is 10.5. The molecule has 0 aromatic rings. The lowest BCUT2D eigenvalue weighted by Gasteiger charge is -2.41. The van der Waals surface area contributed by atoms with Gasteiger partial charge in [-0.1, -0.05) is 19.6 Å². The van der Waals surface area contributed by atoms with Crippen LogP contribution in [0.2, 0.25) is 19.6 Å². The Balaban J connectivity index is 2.21. The van der Waals surface area contributed by atoms with E-state index < -0.39 is 8.24 Å². The van der Waals surface area contributed by atoms with Crippen molar-refractivity contribution < 1.29 is 9.53 Å². The molecule has 0 N–H and O–H groups in total. The van der Waals surface area contributed by atoms with Crippen molar-refractivity contribution in [2.24, 2.45) is 0 Å². The van der Waals surface area contributed by atoms with Gasteiger partial charge in [0.25, 0.3) is 0 Å². The molecule has 0 atom stereocenters. The molecule has 5 heteroatoms. The lowest BCUT2D eigenvalue weighted by Crippen LogP contribution is -2.56. The van der Waals surface area contributed by atoms with Gasteiger partial charge in [0.1, 0.15) is 8.24 Å². The Labute approximate surface area is 106 Å². The van der Waals surface area contributed by atoms with Crippen LogP contribution in [0.15, 0.2) is 0 Å². The fourth-order valence-electron chi connectivity index (χ4n) is 2.12. The molecule has 1 fully saturated rings. The molecule has 0 saturated carbocycles. The van der Waals surface area contributed by atoms with Crippen LogP contribution in [-0.2, 0) is 9.53 Å². The first-order valence-electron chi connectivity index (χ1n) is 6.56. The van der Waals surface area contributed by atoms with Gasteiger partial charge < -0.3 is 14.2 Å². The summed E-state index contributed by atoms with van der Waals surface area (Å²) in [5.74, 6) is -0.0693. The Kier molecular flexibility index (Phi) is 5.62. The van der Waals surface area contributed by atoms with E-state index in [1.807, 2.05) is 6.92 Å². The topological polar surface area (TPSA) is 32.8 Å². The van der Waals surface area contributed by atoms with Crippen molar-refractivity contribution in [3.05, 3.63) is 0 Å². The highest BCUT2D eigenvalue weighted by molar-refractivity contribution is 6.73. The van der Waals surface area contributed by atoms with Crippen LogP contribution < -0.4 is 0 Å². The summed E-state index contributed by atoms with van der Waals surface area (Å²) >= 11 is 0. The van der Waals surface area contributed by atoms with E-state index in [1.165, 1.54) is 0 Å². The van der Waals surface area contributed by atoms with Gasteiger partial charge in [-0.05, 0) is 6.92 Å². The molecule has 1 aliphatic heterocycles. The van der Waals surface area contributed by atoms with Gasteiger partial charge in [0.2, 0.25) is 0 Å². The van der Waals surface area contributed by atoms with Crippen LogP contribution in [0.4, 0.5) is 0 Å². The molecule has 0 spiro atoms. The van der Waals surface area contributed by atoms with E-state index in [0.29, 0.717) is 13.0 Å². The van der Waals surface area contributed by atoms with E-state index in [0.717, 1.165) is 32.7 Å². The lowest BCUT2D eigenvalue weighted by molar-refractivity contribution is -0.143. The smallest absolute Gasteiger partial charge is 0.307 e. The molecule has 0 aliphatic carbocycles. The van der Waals surface area contributed by atoms with E-state index >= 15 is 0 Å². The highest BCUT2D eigenvalue weighted by atomic mass is 28.3. The standard InChI is InChI=1S/C12H26N2O2Si/c1-5-16-12(15)6-7-13-8-10-14(11-9-13)17(2,3)4/h5-11H2,1-4H3. The maximum atomic E-state index is 11.3. The molecule has 1 rings (SSSR count). The molecule has 0 unspecified atom stereocenters. The number of carbonyl (C=O) groups excluding carboxylic acids is 1. The monoisotopic (exact) mass is 258 g/mol. The third kappa shape index (κ3) is 5.19. The Morgan fingerprint density at radius 1 is 1.18 bits per heavy atom. The second-order valence-electron chi connectivity index (χ2n) is 5.55. The zero-order valence-corrected chi connectivity index (χ0v) is 12.7. The van der Waals surface area contributed by atoms with Crippen molar-refractivity contribution >= 4 is 14.2 Å². The average molecular weight is 258 g/mol. The van der Waals surface area contributed by atoms with Gasteiger partial charge in [-0.2, -0.15) is 0 Å². The van der Waals surface area contributed by atoms with E-state index in [2.05, 4.69) is 29.1 Å². The van der Waals surface area contributed by atoms with Crippen molar-refractivity contribution in [3.8, 4) is 0 Å². The molecule has 0 amide bonds. The predicted molar refractivity (Wildman–Crippen MR) is 72.6 cm³/mol. The maximum Gasteiger partial charge on any atom is 0.307 e. The molecular formula is C12H26N2O2Si. The number of nitrogens with zero attached hydrogens (tertiary/aromatic N) is 2. The third-order valence-electron chi connectivity index (χ3n) is 3.26. The Hall–Kier alpha value is -0.393. The summed E-state index contributed by atoms with van der Waals surface area (Å²) in [7, 11) is -1.13. The maximum absolute atomic E-state index is 11.3. The molecule has 4 nitrogen and oxygen atoms in total. The first-order chi connectivity index (χ1) is 7.93. The van der Waals surface area contributed by atoms with Gasteiger partial charge in [-0.25, -0.2) is 0 Å². The number of rotatable bonds is 5. The van der Waals surface area contributed by atoms with Crippen molar-refractivity contribution in [1.82, 2.24) is 9.47 Å². The fourth-order valence-corrected chi connectivity index (χ4v) is 3.67. The molecule has 17 heavy (non-hydrogen) atoms. The predicted octanol–water partition coefficient (Wildman–Crippen LogP) is 1.39. The van der Waals surface area contributed by atoms with Gasteiger partial charge in [0.05, 0.1) is 13.0 Å². The molecule has 0 bridgehead atoms. The quantitative estimate of drug-likeness (QED) is 0.551. The summed E-state index contributed by atoms with van der Waals surface area (Å²) in [6.07, 6.45) is 0.529. The minimum Gasteiger partial charge on any atom is -0.466 e. The van der Waals surface area contributed by atoms with Crippen LogP contribution in [0.5, 0.6) is 0 Å². The molecule has 0 radical (unpaired) electrons. The Morgan fingerprint density at radius 2 is 1.76 bits per heavy atom. The van der Waals surface area contributed by atoms with E-state index in [1.54, 1.807) is 0 Å². The van der Waals surface area contributed by atoms with E-state index in [4.69, 9.17) is 4.74 Å². The van der Waals surface area contributed by atoms with Gasteiger partial charge in [-0.3, -0.25) is 4.79 Å². The number of ether oxygens (including phenoxy) is 1. The summed E-state index contributed by atoms with van der Waals surface area (Å²) in [6, 6.07) is 0. The molecule has 1 heterocycles. The summed E-state index contributed by atoms with van der Waals surface area (Å²) < 4.78 is 7.57. The number of esters is 1. The molecular weight excluding hydrogens is 232 g/mol. The van der Waals surface area contributed by atoms with Crippen molar-refractivity contribution in [2.75, 3.05) is 39.3 Å². The zero-order valence-electron chi connectivity index (χ0n) is 11.7. The number of hydrogen-bond donors (Lipinski definition) is 0. The zero-order chi connectivity index (χ0) is 12.9. The van der Waals surface area contributed by atoms with Crippen LogP contribution in [-0.4, -0.2) is 63.0 Å². The SMILES string of the molecule is CCOC(=O)CCN1CCN([Si](C)(C)C)CC1. The molecule has 1 aliphatic rings. The van der Waals surface area contributed by atoms with Crippen LogP contribution in [0.25, 0.3) is 0 Å². The van der Waals surface area contributed by atoms with Crippen molar-refractivity contribution in [1.29, 1.82) is 0 Å². The summed E-state index contributed by atoms with van der Waals surface area (Å²) in [6.45, 7) is 14.8. The molecule has 0 aromatic heterocycles. The lowest BCUT2D eigenvalue weighted by atomic mass is 10.3. The summed E-state index contributed by atoms with van der Waals surface area (Å²) in [5.41, 5.74) is 0. The molecule has 0 aromatic carbocycles. The number of hydrogen-bond acceptors (Lipinski definition) is 4. The normalized spacial score (nSPS) is 19.3. The van der Waals surface area contributed by atoms with Gasteiger partial charge in [-0.15, -0.1) is 0 Å². The van der Waals surface area contributed by atoms with Crippen LogP contribution in [0.1, 0.15) is 13.3 Å². The van der Waals surface area contributed by atoms with Crippen molar-refractivity contribution in [2.45, 2.75) is 33.0 Å². The first kappa shape index (κ1) is 14.7. The van der Waals surface area contributed by atoms with Gasteiger partial charge in [0.15, 0.2) is 0 Å². The van der Waals surface area contributed by atoms with Gasteiger partial charge >= 0.3 is 5.97 Å². The van der Waals surface area contributed by atoms with Crippen LogP contribution in [0, 0.1) is 0 Å². The molecule has 1 saturated heterocycles. The number of piperazine rings is 1. The van der Waals surface area contributed by atoms with Crippen molar-refractivity contribution in [3.63, 3.8) is 0 Å². The highest BCUT2D eigenvalue weighted by Crippen LogP contribution is 2.12. The molecule has 100 valence electrons. The largest absolute Gasteiger partial charge is 0.466 e. The summed E-state index contributed by atoms with van der Waals surface area (Å²) in [5, 5.41) is 0. The average Bonchev–Trinajstić information content (AvgIpc) is 2.26. The second kappa shape index (κ2) is 6.52. The van der Waals surface area contributed by atoms with Crippen LogP contribution >= 0.6 is 0 Å². The third-order valence-corrected chi connectivity index (χ3v) is 5.60. The first-order valence-corrected chi connectivity index (χ1v) is 10.0. The van der Waals surface area contributed by atoms with Crippen LogP contribution in [0.3, 0.4) is 0 Å². The minimum atomic E-state index is -1.13. The summed E-state index contributed by atoms with van der Waals surface area (Å²) in [4.78, 5) is 13.6. The highest BCUT2D eigenvalue weighted by Gasteiger charge is 2.27. The number of carbonyl (C=O) groups is 1.